The summed E-state index contributed by atoms with van der Waals surface area (Å²) >= 11 is 1.18. The molecule has 1 aromatic heterocycles. The number of hydrogen-bond acceptors (Lipinski definition) is 7. The third-order valence-corrected chi connectivity index (χ3v) is 10.1. The molecule has 0 aliphatic carbocycles. The molecule has 172 valence electrons. The minimum atomic E-state index is -3.70. The van der Waals surface area contributed by atoms with Gasteiger partial charge in [-0.05, 0) is 55.0 Å². The number of benzene rings is 1. The number of carbonyl (C=O) groups is 1. The highest BCUT2D eigenvalue weighted by Crippen LogP contribution is 2.27. The van der Waals surface area contributed by atoms with Gasteiger partial charge in [-0.1, -0.05) is 6.07 Å². The molecule has 32 heavy (non-hydrogen) atoms. The van der Waals surface area contributed by atoms with Crippen molar-refractivity contribution in [1.82, 2.24) is 9.03 Å². The first-order chi connectivity index (χ1) is 15.3. The van der Waals surface area contributed by atoms with Crippen molar-refractivity contribution < 1.29 is 21.6 Å². The molecule has 0 spiro atoms. The van der Waals surface area contributed by atoms with E-state index >= 15 is 0 Å². The molecule has 12 heteroatoms. The van der Waals surface area contributed by atoms with Crippen LogP contribution in [0.4, 0.5) is 5.69 Å². The van der Waals surface area contributed by atoms with Crippen LogP contribution in [-0.4, -0.2) is 52.5 Å². The van der Waals surface area contributed by atoms with Crippen LogP contribution in [0.5, 0.6) is 0 Å². The number of sulfonamides is 2. The Hall–Kier alpha value is -2.28. The van der Waals surface area contributed by atoms with E-state index in [1.165, 1.54) is 27.8 Å². The molecule has 3 heterocycles. The van der Waals surface area contributed by atoms with Crippen LogP contribution in [0, 0.1) is 5.92 Å². The summed E-state index contributed by atoms with van der Waals surface area (Å²) in [5, 5.41) is 4.53. The van der Waals surface area contributed by atoms with Crippen molar-refractivity contribution >= 4 is 48.8 Å². The Morgan fingerprint density at radius 3 is 2.38 bits per heavy atom. The lowest BCUT2D eigenvalue weighted by Crippen LogP contribution is -2.41. The van der Waals surface area contributed by atoms with E-state index in [2.05, 4.69) is 15.0 Å². The van der Waals surface area contributed by atoms with Crippen molar-refractivity contribution in [2.45, 2.75) is 34.8 Å². The summed E-state index contributed by atoms with van der Waals surface area (Å²) in [6.07, 6.45) is 2.30. The van der Waals surface area contributed by atoms with Gasteiger partial charge in [-0.2, -0.15) is 4.31 Å². The minimum Gasteiger partial charge on any atom is -0.326 e. The molecule has 2 N–H and O–H groups in total. The zero-order valence-corrected chi connectivity index (χ0v) is 19.7. The molecule has 2 aliphatic rings. The number of anilines is 1. The standard InChI is InChI=1S/C20H24N4O5S3/c25-20(15-9-12-24(13-10-15)32(28,29)19-4-2-14-30-19)22-16-5-7-17(8-6-16)31(26,27)23-18-3-1-11-21-18/h2,4-8,14-15H,1,3,9-13H2,(H,21,23)(H,22,25). The monoisotopic (exact) mass is 496 g/mol. The fourth-order valence-corrected chi connectivity index (χ4v) is 7.40. The molecule has 0 bridgehead atoms. The van der Waals surface area contributed by atoms with Gasteiger partial charge in [0, 0.05) is 37.7 Å². The Morgan fingerprint density at radius 1 is 1.06 bits per heavy atom. The molecule has 1 amide bonds. The Balaban J connectivity index is 1.33. The first-order valence-corrected chi connectivity index (χ1v) is 14.1. The van der Waals surface area contributed by atoms with Crippen molar-refractivity contribution in [3.8, 4) is 0 Å². The smallest absolute Gasteiger partial charge is 0.262 e. The molecule has 0 saturated carbocycles. The molecule has 1 fully saturated rings. The number of nitrogens with zero attached hydrogens (tertiary/aromatic N) is 2. The van der Waals surface area contributed by atoms with Gasteiger partial charge in [-0.3, -0.25) is 14.5 Å². The number of amidine groups is 1. The van der Waals surface area contributed by atoms with Gasteiger partial charge in [0.05, 0.1) is 4.90 Å². The van der Waals surface area contributed by atoms with Crippen molar-refractivity contribution in [3.63, 3.8) is 0 Å². The van der Waals surface area contributed by atoms with E-state index in [0.717, 1.165) is 6.42 Å². The Morgan fingerprint density at radius 2 is 1.78 bits per heavy atom. The topological polar surface area (TPSA) is 125 Å². The SMILES string of the molecule is O=C(Nc1ccc(S(=O)(=O)NC2=NCCC2)cc1)C1CCN(S(=O)(=O)c2cccs2)CC1. The third kappa shape index (κ3) is 5.03. The van der Waals surface area contributed by atoms with E-state index in [4.69, 9.17) is 0 Å². The first kappa shape index (κ1) is 22.9. The molecule has 0 atom stereocenters. The van der Waals surface area contributed by atoms with Crippen molar-refractivity contribution in [2.75, 3.05) is 25.0 Å². The zero-order valence-electron chi connectivity index (χ0n) is 17.2. The van der Waals surface area contributed by atoms with Gasteiger partial charge in [-0.25, -0.2) is 16.8 Å². The number of aliphatic imine (C=N–C) groups is 1. The molecule has 9 nitrogen and oxygen atoms in total. The molecule has 0 radical (unpaired) electrons. The predicted octanol–water partition coefficient (Wildman–Crippen LogP) is 2.26. The van der Waals surface area contributed by atoms with Crippen LogP contribution in [0.2, 0.25) is 0 Å². The summed E-state index contributed by atoms with van der Waals surface area (Å²) in [6, 6.07) is 9.23. The van der Waals surface area contributed by atoms with Gasteiger partial charge in [-0.15, -0.1) is 11.3 Å². The van der Waals surface area contributed by atoms with Crippen molar-refractivity contribution in [2.24, 2.45) is 10.9 Å². The number of rotatable bonds is 6. The Bertz CT molecular complexity index is 1200. The van der Waals surface area contributed by atoms with E-state index < -0.39 is 20.0 Å². The van der Waals surface area contributed by atoms with Gasteiger partial charge in [0.15, 0.2) is 0 Å². The first-order valence-electron chi connectivity index (χ1n) is 10.3. The predicted molar refractivity (Wildman–Crippen MR) is 123 cm³/mol. The summed E-state index contributed by atoms with van der Waals surface area (Å²) in [5.74, 6) is -0.0442. The van der Waals surface area contributed by atoms with E-state index in [1.54, 1.807) is 29.6 Å². The minimum absolute atomic E-state index is 0.0946. The molecule has 1 saturated heterocycles. The van der Waals surface area contributed by atoms with Crippen LogP contribution in [0.15, 0.2) is 55.9 Å². The molecule has 2 aliphatic heterocycles. The van der Waals surface area contributed by atoms with Crippen LogP contribution < -0.4 is 10.0 Å². The lowest BCUT2D eigenvalue weighted by atomic mass is 9.97. The lowest BCUT2D eigenvalue weighted by molar-refractivity contribution is -0.120. The maximum atomic E-state index is 12.6. The number of carbonyl (C=O) groups excluding carboxylic acids is 1. The highest BCUT2D eigenvalue weighted by Gasteiger charge is 2.32. The van der Waals surface area contributed by atoms with Gasteiger partial charge in [0.25, 0.3) is 20.0 Å². The molecule has 4 rings (SSSR count). The van der Waals surface area contributed by atoms with Crippen LogP contribution in [0.1, 0.15) is 25.7 Å². The Labute approximate surface area is 191 Å². The van der Waals surface area contributed by atoms with Gasteiger partial charge >= 0.3 is 0 Å². The summed E-state index contributed by atoms with van der Waals surface area (Å²) in [4.78, 5) is 16.9. The third-order valence-electron chi connectivity index (χ3n) is 5.47. The number of thiophene rings is 1. The second-order valence-electron chi connectivity index (χ2n) is 7.66. The average Bonchev–Trinajstić information content (AvgIpc) is 3.49. The number of hydrogen-bond donors (Lipinski definition) is 2. The molecular formula is C20H24N4O5S3. The molecule has 0 unspecified atom stereocenters. The summed E-state index contributed by atoms with van der Waals surface area (Å²) in [5.41, 5.74) is 0.487. The van der Waals surface area contributed by atoms with Crippen LogP contribution in [0.3, 0.4) is 0 Å². The average molecular weight is 497 g/mol. The number of piperidine rings is 1. The maximum absolute atomic E-state index is 12.6. The van der Waals surface area contributed by atoms with E-state index in [9.17, 15) is 21.6 Å². The molecular weight excluding hydrogens is 472 g/mol. The molecule has 2 aromatic rings. The second kappa shape index (κ2) is 9.30. The van der Waals surface area contributed by atoms with E-state index in [-0.39, 0.29) is 29.8 Å². The second-order valence-corrected chi connectivity index (χ2v) is 12.5. The Kier molecular flexibility index (Phi) is 6.65. The highest BCUT2D eigenvalue weighted by atomic mass is 32.2. The van der Waals surface area contributed by atoms with E-state index in [0.29, 0.717) is 41.5 Å². The van der Waals surface area contributed by atoms with Crippen molar-refractivity contribution in [3.05, 3.63) is 41.8 Å². The maximum Gasteiger partial charge on any atom is 0.262 e. The highest BCUT2D eigenvalue weighted by molar-refractivity contribution is 7.91. The van der Waals surface area contributed by atoms with Crippen LogP contribution >= 0.6 is 11.3 Å². The number of nitrogens with one attached hydrogen (secondary N) is 2. The van der Waals surface area contributed by atoms with Gasteiger partial charge in [0.2, 0.25) is 5.91 Å². The largest absolute Gasteiger partial charge is 0.326 e. The normalized spacial score (nSPS) is 18.3. The van der Waals surface area contributed by atoms with Gasteiger partial charge < -0.3 is 5.32 Å². The van der Waals surface area contributed by atoms with Gasteiger partial charge in [0.1, 0.15) is 10.0 Å². The van der Waals surface area contributed by atoms with Crippen molar-refractivity contribution in [1.29, 1.82) is 0 Å². The lowest BCUT2D eigenvalue weighted by Gasteiger charge is -2.30. The summed E-state index contributed by atoms with van der Waals surface area (Å²) in [7, 11) is -7.21. The van der Waals surface area contributed by atoms with Crippen LogP contribution in [0.25, 0.3) is 0 Å². The van der Waals surface area contributed by atoms with Crippen LogP contribution in [-0.2, 0) is 24.8 Å². The zero-order chi connectivity index (χ0) is 22.8. The summed E-state index contributed by atoms with van der Waals surface area (Å²) in [6.45, 7) is 1.19. The number of amides is 1. The fourth-order valence-electron chi connectivity index (χ4n) is 3.69. The fraction of sp³-hybridized carbons (Fsp3) is 0.400. The molecule has 1 aromatic carbocycles. The van der Waals surface area contributed by atoms with E-state index in [1.807, 2.05) is 0 Å². The summed E-state index contributed by atoms with van der Waals surface area (Å²) < 4.78 is 54.3. The quantitative estimate of drug-likeness (QED) is 0.635.